The highest BCUT2D eigenvalue weighted by atomic mass is 79.9. The van der Waals surface area contributed by atoms with Crippen LogP contribution < -0.4 is 5.32 Å². The van der Waals surface area contributed by atoms with Gasteiger partial charge in [0.05, 0.1) is 10.2 Å². The molecular weight excluding hydrogens is 345 g/mol. The van der Waals surface area contributed by atoms with E-state index in [1.165, 1.54) is 0 Å². The van der Waals surface area contributed by atoms with Crippen molar-refractivity contribution in [2.45, 2.75) is 6.54 Å². The number of benzene rings is 2. The molecule has 0 aliphatic rings. The lowest BCUT2D eigenvalue weighted by Gasteiger charge is -2.10. The van der Waals surface area contributed by atoms with Crippen LogP contribution in [-0.4, -0.2) is 0 Å². The van der Waals surface area contributed by atoms with E-state index >= 15 is 0 Å². The molecule has 2 aromatic carbocycles. The van der Waals surface area contributed by atoms with Gasteiger partial charge in [-0.1, -0.05) is 0 Å². The van der Waals surface area contributed by atoms with E-state index in [9.17, 15) is 22.0 Å². The zero-order valence-corrected chi connectivity index (χ0v) is 11.4. The second kappa shape index (κ2) is 5.78. The van der Waals surface area contributed by atoms with Gasteiger partial charge in [0.2, 0.25) is 0 Å². The lowest BCUT2D eigenvalue weighted by atomic mass is 10.2. The van der Waals surface area contributed by atoms with Gasteiger partial charge < -0.3 is 5.32 Å². The second-order valence-electron chi connectivity index (χ2n) is 3.96. The van der Waals surface area contributed by atoms with Crippen molar-refractivity contribution in [2.75, 3.05) is 5.32 Å². The molecule has 2 aromatic rings. The Hall–Kier alpha value is -1.63. The van der Waals surface area contributed by atoms with Crippen molar-refractivity contribution in [3.05, 3.63) is 63.4 Å². The summed E-state index contributed by atoms with van der Waals surface area (Å²) in [7, 11) is 0. The van der Waals surface area contributed by atoms with Crippen LogP contribution in [0.1, 0.15) is 5.56 Å². The molecule has 1 N–H and O–H groups in total. The Kier molecular flexibility index (Phi) is 4.27. The van der Waals surface area contributed by atoms with Gasteiger partial charge in [-0.15, -0.1) is 0 Å². The Morgan fingerprint density at radius 1 is 0.750 bits per heavy atom. The molecule has 0 fully saturated rings. The maximum atomic E-state index is 13.5. The van der Waals surface area contributed by atoms with E-state index in [-0.39, 0.29) is 22.3 Å². The number of hydrogen-bond donors (Lipinski definition) is 1. The fraction of sp³-hybridized carbons (Fsp3) is 0.0769. The molecule has 0 saturated carbocycles. The molecule has 0 bridgehead atoms. The smallest absolute Gasteiger partial charge is 0.161 e. The molecule has 0 spiro atoms. The third-order valence-electron chi connectivity index (χ3n) is 2.57. The Morgan fingerprint density at radius 2 is 1.40 bits per heavy atom. The summed E-state index contributed by atoms with van der Waals surface area (Å²) in [5.74, 6) is -4.98. The molecule has 0 aromatic heterocycles. The van der Waals surface area contributed by atoms with Crippen LogP contribution in [0.5, 0.6) is 0 Å². The molecule has 0 amide bonds. The quantitative estimate of drug-likeness (QED) is 0.621. The third kappa shape index (κ3) is 3.09. The first-order valence-electron chi connectivity index (χ1n) is 5.40. The van der Waals surface area contributed by atoms with Crippen molar-refractivity contribution in [1.82, 2.24) is 0 Å². The monoisotopic (exact) mass is 351 g/mol. The highest BCUT2D eigenvalue weighted by Crippen LogP contribution is 2.24. The average molecular weight is 352 g/mol. The summed E-state index contributed by atoms with van der Waals surface area (Å²) in [5.41, 5.74) is -0.415. The Balaban J connectivity index is 2.21. The first-order valence-corrected chi connectivity index (χ1v) is 6.19. The standard InChI is InChI=1S/C13H7BrF5N/c14-7-2-12(19)13(4-9(7)16)20-5-6-1-10(17)11(18)3-8(6)15/h1-4,20H,5H2. The SMILES string of the molecule is Fc1cc(F)c(CNc2cc(F)c(Br)cc2F)cc1F. The van der Waals surface area contributed by atoms with Crippen LogP contribution in [0.25, 0.3) is 0 Å². The number of rotatable bonds is 3. The fourth-order valence-electron chi connectivity index (χ4n) is 1.55. The lowest BCUT2D eigenvalue weighted by Crippen LogP contribution is -2.05. The summed E-state index contributed by atoms with van der Waals surface area (Å²) in [6.07, 6.45) is 0. The van der Waals surface area contributed by atoms with E-state index in [1.54, 1.807) is 0 Å². The molecule has 0 atom stereocenters. The summed E-state index contributed by atoms with van der Waals surface area (Å²) in [5, 5.41) is 2.42. The summed E-state index contributed by atoms with van der Waals surface area (Å²) in [4.78, 5) is 0. The van der Waals surface area contributed by atoms with Crippen molar-refractivity contribution in [3.63, 3.8) is 0 Å². The maximum absolute atomic E-state index is 13.5. The highest BCUT2D eigenvalue weighted by molar-refractivity contribution is 9.10. The van der Waals surface area contributed by atoms with Gasteiger partial charge in [0.15, 0.2) is 11.6 Å². The minimum atomic E-state index is -1.31. The van der Waals surface area contributed by atoms with E-state index < -0.39 is 29.1 Å². The summed E-state index contributed by atoms with van der Waals surface area (Å²) in [6, 6.07) is 2.83. The van der Waals surface area contributed by atoms with Gasteiger partial charge >= 0.3 is 0 Å². The Morgan fingerprint density at radius 3 is 2.10 bits per heavy atom. The molecule has 0 unspecified atom stereocenters. The van der Waals surface area contributed by atoms with Crippen LogP contribution in [0.3, 0.4) is 0 Å². The van der Waals surface area contributed by atoms with Gasteiger partial charge in [0.25, 0.3) is 0 Å². The Bertz CT molecular complexity index is 602. The van der Waals surface area contributed by atoms with E-state index in [2.05, 4.69) is 21.2 Å². The number of hydrogen-bond acceptors (Lipinski definition) is 1. The van der Waals surface area contributed by atoms with Crippen molar-refractivity contribution in [2.24, 2.45) is 0 Å². The van der Waals surface area contributed by atoms with E-state index in [0.29, 0.717) is 12.1 Å². The van der Waals surface area contributed by atoms with E-state index in [1.807, 2.05) is 0 Å². The zero-order chi connectivity index (χ0) is 14.9. The van der Waals surface area contributed by atoms with Gasteiger partial charge in [-0.05, 0) is 28.1 Å². The normalized spacial score (nSPS) is 10.7. The number of anilines is 1. The van der Waals surface area contributed by atoms with E-state index in [0.717, 1.165) is 12.1 Å². The van der Waals surface area contributed by atoms with Crippen LogP contribution in [0, 0.1) is 29.1 Å². The predicted molar refractivity (Wildman–Crippen MR) is 67.7 cm³/mol. The Labute approximate surface area is 119 Å². The third-order valence-corrected chi connectivity index (χ3v) is 3.18. The van der Waals surface area contributed by atoms with Crippen LogP contribution in [-0.2, 0) is 6.54 Å². The van der Waals surface area contributed by atoms with Gasteiger partial charge in [0, 0.05) is 24.2 Å². The molecule has 1 nitrogen and oxygen atoms in total. The summed E-state index contributed by atoms with van der Waals surface area (Å²) >= 11 is 2.81. The van der Waals surface area contributed by atoms with Gasteiger partial charge in [0.1, 0.15) is 17.5 Å². The topological polar surface area (TPSA) is 12.0 Å². The molecule has 2 rings (SSSR count). The van der Waals surface area contributed by atoms with Crippen LogP contribution in [0.2, 0.25) is 0 Å². The molecule has 0 aliphatic heterocycles. The van der Waals surface area contributed by atoms with Gasteiger partial charge in [-0.25, -0.2) is 22.0 Å². The molecular formula is C13H7BrF5N. The number of nitrogens with one attached hydrogen (secondary N) is 1. The molecule has 106 valence electrons. The largest absolute Gasteiger partial charge is 0.378 e. The molecule has 7 heteroatoms. The van der Waals surface area contributed by atoms with Crippen LogP contribution in [0.4, 0.5) is 27.6 Å². The zero-order valence-electron chi connectivity index (χ0n) is 9.78. The molecule has 0 aliphatic carbocycles. The van der Waals surface area contributed by atoms with Crippen LogP contribution in [0.15, 0.2) is 28.7 Å². The molecule has 0 saturated heterocycles. The van der Waals surface area contributed by atoms with E-state index in [4.69, 9.17) is 0 Å². The lowest BCUT2D eigenvalue weighted by molar-refractivity contribution is 0.490. The summed E-state index contributed by atoms with van der Waals surface area (Å²) in [6.45, 7) is -0.318. The molecule has 0 heterocycles. The van der Waals surface area contributed by atoms with Gasteiger partial charge in [-0.3, -0.25) is 0 Å². The number of halogens is 6. The van der Waals surface area contributed by atoms with Crippen molar-refractivity contribution in [3.8, 4) is 0 Å². The van der Waals surface area contributed by atoms with Crippen LogP contribution >= 0.6 is 15.9 Å². The summed E-state index contributed by atoms with van der Waals surface area (Å²) < 4.78 is 65.7. The first kappa shape index (κ1) is 14.8. The fourth-order valence-corrected chi connectivity index (χ4v) is 1.86. The second-order valence-corrected chi connectivity index (χ2v) is 4.81. The molecule has 20 heavy (non-hydrogen) atoms. The van der Waals surface area contributed by atoms with Crippen molar-refractivity contribution in [1.29, 1.82) is 0 Å². The van der Waals surface area contributed by atoms with Gasteiger partial charge in [-0.2, -0.15) is 0 Å². The average Bonchev–Trinajstić information content (AvgIpc) is 2.37. The maximum Gasteiger partial charge on any atom is 0.161 e. The van der Waals surface area contributed by atoms with Crippen molar-refractivity contribution < 1.29 is 22.0 Å². The molecule has 0 radical (unpaired) electrons. The predicted octanol–water partition coefficient (Wildman–Crippen LogP) is 4.76. The highest BCUT2D eigenvalue weighted by Gasteiger charge is 2.12. The van der Waals surface area contributed by atoms with Crippen molar-refractivity contribution >= 4 is 21.6 Å². The minimum absolute atomic E-state index is 0.0560. The first-order chi connectivity index (χ1) is 9.38. The minimum Gasteiger partial charge on any atom is -0.378 e.